The molecule has 2 rings (SSSR count). The van der Waals surface area contributed by atoms with E-state index >= 15 is 0 Å². The number of rotatable bonds is 1. The zero-order valence-corrected chi connectivity index (χ0v) is 14.0. The van der Waals surface area contributed by atoms with E-state index in [4.69, 9.17) is 9.47 Å². The predicted octanol–water partition coefficient (Wildman–Crippen LogP) is 1.17. The van der Waals surface area contributed by atoms with Crippen LogP contribution in [0, 0.1) is 5.92 Å². The highest BCUT2D eigenvalue weighted by Crippen LogP contribution is 2.43. The van der Waals surface area contributed by atoms with Crippen LogP contribution in [0.15, 0.2) is 0 Å². The minimum Gasteiger partial charge on any atom is -0.469 e. The van der Waals surface area contributed by atoms with Crippen molar-refractivity contribution in [3.8, 4) is 0 Å². The molecule has 0 saturated carbocycles. The van der Waals surface area contributed by atoms with E-state index in [1.54, 1.807) is 20.8 Å². The van der Waals surface area contributed by atoms with Crippen LogP contribution in [0.5, 0.6) is 0 Å². The molecule has 0 aliphatic carbocycles. The Kier molecular flexibility index (Phi) is 4.57. The average molecular weight is 328 g/mol. The first-order chi connectivity index (χ1) is 10.6. The van der Waals surface area contributed by atoms with Gasteiger partial charge in [0.1, 0.15) is 5.60 Å². The van der Waals surface area contributed by atoms with Gasteiger partial charge in [0.05, 0.1) is 18.6 Å². The van der Waals surface area contributed by atoms with Crippen LogP contribution < -0.4 is 0 Å². The molecule has 2 aliphatic heterocycles. The van der Waals surface area contributed by atoms with E-state index in [0.717, 1.165) is 0 Å². The number of carbonyl (C=O) groups is 3. The van der Waals surface area contributed by atoms with E-state index in [1.165, 1.54) is 12.0 Å². The summed E-state index contributed by atoms with van der Waals surface area (Å²) in [6.45, 7) is 5.96. The molecule has 1 N–H and O–H groups in total. The fourth-order valence-electron chi connectivity index (χ4n) is 3.26. The van der Waals surface area contributed by atoms with Gasteiger partial charge in [0.15, 0.2) is 0 Å². The number of methoxy groups -OCH3 is 1. The molecule has 8 nitrogen and oxygen atoms in total. The molecule has 8 heteroatoms. The third kappa shape index (κ3) is 3.26. The second kappa shape index (κ2) is 5.99. The number of amides is 2. The van der Waals surface area contributed by atoms with Crippen molar-refractivity contribution in [2.75, 3.05) is 20.2 Å². The average Bonchev–Trinajstić information content (AvgIpc) is 2.71. The lowest BCUT2D eigenvalue weighted by molar-refractivity contribution is -0.194. The summed E-state index contributed by atoms with van der Waals surface area (Å²) in [4.78, 5) is 37.4. The SMILES string of the molecule is COC(=O)C1CC(=O)N(O)C12CCN(C(=O)OC(C)(C)C)CC2. The Morgan fingerprint density at radius 1 is 1.26 bits per heavy atom. The minimum atomic E-state index is -0.997. The zero-order chi connectivity index (χ0) is 17.4. The maximum absolute atomic E-state index is 12.1. The maximum atomic E-state index is 12.1. The summed E-state index contributed by atoms with van der Waals surface area (Å²) >= 11 is 0. The molecule has 2 amide bonds. The number of esters is 1. The van der Waals surface area contributed by atoms with Crippen molar-refractivity contribution in [2.24, 2.45) is 5.92 Å². The Hall–Kier alpha value is -1.83. The number of likely N-dealkylation sites (tertiary alicyclic amines) is 1. The number of hydrogen-bond donors (Lipinski definition) is 1. The third-order valence-corrected chi connectivity index (χ3v) is 4.45. The molecule has 0 radical (unpaired) electrons. The van der Waals surface area contributed by atoms with Crippen molar-refractivity contribution < 1.29 is 29.1 Å². The molecule has 1 spiro atoms. The second-order valence-corrected chi connectivity index (χ2v) is 7.06. The van der Waals surface area contributed by atoms with Crippen LogP contribution >= 0.6 is 0 Å². The van der Waals surface area contributed by atoms with Crippen LogP contribution in [0.2, 0.25) is 0 Å². The largest absolute Gasteiger partial charge is 0.469 e. The number of hydrogen-bond acceptors (Lipinski definition) is 6. The Balaban J connectivity index is 2.10. The van der Waals surface area contributed by atoms with E-state index in [2.05, 4.69) is 0 Å². The highest BCUT2D eigenvalue weighted by atomic mass is 16.6. The lowest BCUT2D eigenvalue weighted by Crippen LogP contribution is -2.57. The van der Waals surface area contributed by atoms with Gasteiger partial charge in [-0.05, 0) is 33.6 Å². The van der Waals surface area contributed by atoms with E-state index in [1.807, 2.05) is 0 Å². The normalized spacial score (nSPS) is 24.0. The molecule has 0 aromatic carbocycles. The zero-order valence-electron chi connectivity index (χ0n) is 14.0. The summed E-state index contributed by atoms with van der Waals surface area (Å²) in [5, 5.41) is 10.8. The molecule has 0 bridgehead atoms. The monoisotopic (exact) mass is 328 g/mol. The number of piperidine rings is 1. The highest BCUT2D eigenvalue weighted by Gasteiger charge is 2.57. The van der Waals surface area contributed by atoms with Gasteiger partial charge < -0.3 is 14.4 Å². The topological polar surface area (TPSA) is 96.4 Å². The van der Waals surface area contributed by atoms with Gasteiger partial charge in [0, 0.05) is 19.5 Å². The smallest absolute Gasteiger partial charge is 0.410 e. The molecule has 1 atom stereocenters. The molecule has 0 aromatic rings. The number of hydroxylamine groups is 2. The van der Waals surface area contributed by atoms with Crippen molar-refractivity contribution in [3.05, 3.63) is 0 Å². The molecule has 0 aromatic heterocycles. The lowest BCUT2D eigenvalue weighted by atomic mass is 9.77. The van der Waals surface area contributed by atoms with Crippen LogP contribution in [0.25, 0.3) is 0 Å². The van der Waals surface area contributed by atoms with Gasteiger partial charge in [-0.1, -0.05) is 0 Å². The summed E-state index contributed by atoms with van der Waals surface area (Å²) in [6, 6.07) is 0. The van der Waals surface area contributed by atoms with E-state index < -0.39 is 35.0 Å². The van der Waals surface area contributed by atoms with Gasteiger partial charge in [-0.2, -0.15) is 0 Å². The van der Waals surface area contributed by atoms with Crippen LogP contribution in [-0.4, -0.2) is 64.5 Å². The van der Waals surface area contributed by atoms with Crippen molar-refractivity contribution in [3.63, 3.8) is 0 Å². The summed E-state index contributed by atoms with van der Waals surface area (Å²) in [6.07, 6.45) is 0.0914. The fraction of sp³-hybridized carbons (Fsp3) is 0.800. The van der Waals surface area contributed by atoms with E-state index in [9.17, 15) is 19.6 Å². The minimum absolute atomic E-state index is 0.0738. The molecule has 2 heterocycles. The van der Waals surface area contributed by atoms with E-state index in [0.29, 0.717) is 31.0 Å². The summed E-state index contributed by atoms with van der Waals surface area (Å²) < 4.78 is 10.1. The fourth-order valence-corrected chi connectivity index (χ4v) is 3.26. The molecule has 2 aliphatic rings. The van der Waals surface area contributed by atoms with Crippen molar-refractivity contribution in [1.82, 2.24) is 9.96 Å². The molecule has 130 valence electrons. The van der Waals surface area contributed by atoms with Crippen LogP contribution in [0.3, 0.4) is 0 Å². The number of ether oxygens (including phenoxy) is 2. The number of carbonyl (C=O) groups excluding carboxylic acids is 3. The molecule has 2 saturated heterocycles. The molecular weight excluding hydrogens is 304 g/mol. The van der Waals surface area contributed by atoms with E-state index in [-0.39, 0.29) is 6.42 Å². The predicted molar refractivity (Wildman–Crippen MR) is 78.5 cm³/mol. The first-order valence-corrected chi connectivity index (χ1v) is 7.68. The third-order valence-electron chi connectivity index (χ3n) is 4.45. The summed E-state index contributed by atoms with van der Waals surface area (Å²) in [5.41, 5.74) is -1.59. The lowest BCUT2D eigenvalue weighted by Gasteiger charge is -2.44. The molecular formula is C15H24N2O6. The van der Waals surface area contributed by atoms with Crippen LogP contribution in [0.4, 0.5) is 4.79 Å². The highest BCUT2D eigenvalue weighted by molar-refractivity contribution is 5.88. The van der Waals surface area contributed by atoms with Crippen molar-refractivity contribution in [2.45, 2.75) is 51.2 Å². The van der Waals surface area contributed by atoms with Crippen molar-refractivity contribution >= 4 is 18.0 Å². The standard InChI is InChI=1S/C15H24N2O6/c1-14(2,3)23-13(20)16-7-5-15(6-8-16)10(12(19)22-4)9-11(18)17(15)21/h10,21H,5-9H2,1-4H3. The van der Waals surface area contributed by atoms with Crippen molar-refractivity contribution in [1.29, 1.82) is 0 Å². The Morgan fingerprint density at radius 2 is 1.83 bits per heavy atom. The van der Waals surface area contributed by atoms with Gasteiger partial charge in [0.2, 0.25) is 5.91 Å². The Morgan fingerprint density at radius 3 is 2.30 bits per heavy atom. The van der Waals surface area contributed by atoms with Gasteiger partial charge >= 0.3 is 12.1 Å². The Bertz CT molecular complexity index is 505. The van der Waals surface area contributed by atoms with Gasteiger partial charge in [-0.25, -0.2) is 9.86 Å². The van der Waals surface area contributed by atoms with Gasteiger partial charge in [-0.3, -0.25) is 14.8 Å². The first kappa shape index (κ1) is 17.5. The maximum Gasteiger partial charge on any atom is 0.410 e. The van der Waals surface area contributed by atoms with Crippen LogP contribution in [0.1, 0.15) is 40.0 Å². The quantitative estimate of drug-likeness (QED) is 0.573. The first-order valence-electron chi connectivity index (χ1n) is 7.68. The van der Waals surface area contributed by atoms with Gasteiger partial charge in [0.25, 0.3) is 0 Å². The molecule has 23 heavy (non-hydrogen) atoms. The second-order valence-electron chi connectivity index (χ2n) is 7.06. The number of nitrogens with zero attached hydrogens (tertiary/aromatic N) is 2. The summed E-state index contributed by atoms with van der Waals surface area (Å²) in [5.74, 6) is -1.72. The molecule has 2 fully saturated rings. The van der Waals surface area contributed by atoms with Crippen LogP contribution in [-0.2, 0) is 19.1 Å². The Labute approximate surface area is 135 Å². The molecule has 1 unspecified atom stereocenters. The summed E-state index contributed by atoms with van der Waals surface area (Å²) in [7, 11) is 1.26. The van der Waals surface area contributed by atoms with Gasteiger partial charge in [-0.15, -0.1) is 0 Å².